The van der Waals surface area contributed by atoms with E-state index >= 15 is 0 Å². The molecule has 0 saturated heterocycles. The van der Waals surface area contributed by atoms with Gasteiger partial charge in [0, 0.05) is 22.8 Å². The summed E-state index contributed by atoms with van der Waals surface area (Å²) in [4.78, 5) is 40.0. The molecule has 0 aliphatic carbocycles. The van der Waals surface area contributed by atoms with E-state index in [9.17, 15) is 14.4 Å². The Balaban J connectivity index is 1.50. The van der Waals surface area contributed by atoms with Crippen molar-refractivity contribution in [2.45, 2.75) is 23.5 Å². The minimum absolute atomic E-state index is 0.220. The van der Waals surface area contributed by atoms with Gasteiger partial charge in [-0.3, -0.25) is 9.59 Å². The zero-order valence-electron chi connectivity index (χ0n) is 15.8. The Labute approximate surface area is 171 Å². The van der Waals surface area contributed by atoms with E-state index in [2.05, 4.69) is 6.92 Å². The number of ether oxygens (including phenoxy) is 1. The number of fused-ring (bicyclic) bond motifs is 2. The quantitative estimate of drug-likeness (QED) is 0.611. The second-order valence-electron chi connectivity index (χ2n) is 6.78. The van der Waals surface area contributed by atoms with Gasteiger partial charge < -0.3 is 14.1 Å². The Morgan fingerprint density at radius 1 is 1.17 bits per heavy atom. The maximum Gasteiger partial charge on any atom is 0.374 e. The minimum atomic E-state index is -0.841. The topological polar surface area (TPSA) is 76.8 Å². The molecule has 148 valence electrons. The molecule has 1 unspecified atom stereocenters. The Bertz CT molecular complexity index is 1140. The number of rotatable bonds is 3. The number of esters is 1. The van der Waals surface area contributed by atoms with Crippen LogP contribution in [-0.2, 0) is 9.53 Å². The summed E-state index contributed by atoms with van der Waals surface area (Å²) in [5, 5.41) is 0.760. The standard InChI is InChI=1S/C22H19NO5S/c1-14-10-11-23(16-7-3-5-9-20(16)29-14)21(25)13-27-22(26)19-12-17(24)15-6-2-4-8-18(15)28-19/h2-9,12,14H,10-11,13H2,1H3. The molecule has 0 bridgehead atoms. The predicted molar refractivity (Wildman–Crippen MR) is 111 cm³/mol. The molecule has 0 fully saturated rings. The number of hydrogen-bond acceptors (Lipinski definition) is 6. The van der Waals surface area contributed by atoms with E-state index in [1.807, 2.05) is 24.3 Å². The molecule has 7 heteroatoms. The molecule has 0 N–H and O–H groups in total. The van der Waals surface area contributed by atoms with Gasteiger partial charge in [0.05, 0.1) is 11.1 Å². The largest absolute Gasteiger partial charge is 0.450 e. The highest BCUT2D eigenvalue weighted by atomic mass is 32.2. The fourth-order valence-corrected chi connectivity index (χ4v) is 4.34. The number of para-hydroxylation sites is 2. The Kier molecular flexibility index (Phi) is 5.40. The molecule has 0 spiro atoms. The molecule has 0 saturated carbocycles. The van der Waals surface area contributed by atoms with Crippen molar-refractivity contribution < 1.29 is 18.7 Å². The van der Waals surface area contributed by atoms with Crippen LogP contribution in [0.4, 0.5) is 5.69 Å². The van der Waals surface area contributed by atoms with E-state index in [0.717, 1.165) is 23.1 Å². The van der Waals surface area contributed by atoms with Crippen molar-refractivity contribution in [1.82, 2.24) is 0 Å². The average Bonchev–Trinajstić information content (AvgIpc) is 2.90. The van der Waals surface area contributed by atoms with Crippen LogP contribution in [0.3, 0.4) is 0 Å². The lowest BCUT2D eigenvalue weighted by atomic mass is 10.2. The summed E-state index contributed by atoms with van der Waals surface area (Å²) in [5.74, 6) is -1.38. The first kappa shape index (κ1) is 19.3. The van der Waals surface area contributed by atoms with Crippen LogP contribution < -0.4 is 10.3 Å². The summed E-state index contributed by atoms with van der Waals surface area (Å²) in [6.07, 6.45) is 0.832. The van der Waals surface area contributed by atoms with Gasteiger partial charge in [-0.15, -0.1) is 11.8 Å². The summed E-state index contributed by atoms with van der Waals surface area (Å²) < 4.78 is 10.6. The monoisotopic (exact) mass is 409 g/mol. The number of nitrogens with zero attached hydrogens (tertiary/aromatic N) is 1. The molecule has 0 radical (unpaired) electrons. The lowest BCUT2D eigenvalue weighted by Gasteiger charge is -2.22. The molecule has 3 aromatic rings. The van der Waals surface area contributed by atoms with E-state index in [1.54, 1.807) is 40.9 Å². The van der Waals surface area contributed by atoms with Crippen molar-refractivity contribution in [3.63, 3.8) is 0 Å². The molecule has 1 amide bonds. The number of carbonyl (C=O) groups is 2. The molecule has 6 nitrogen and oxygen atoms in total. The number of hydrogen-bond donors (Lipinski definition) is 0. The van der Waals surface area contributed by atoms with E-state index in [0.29, 0.717) is 22.8 Å². The SMILES string of the molecule is CC1CCN(C(=O)COC(=O)c2cc(=O)c3ccccc3o2)c2ccccc2S1. The average molecular weight is 409 g/mol. The second kappa shape index (κ2) is 8.13. The molecule has 1 aliphatic rings. The van der Waals surface area contributed by atoms with Crippen molar-refractivity contribution in [2.75, 3.05) is 18.1 Å². The van der Waals surface area contributed by atoms with Crippen molar-refractivity contribution in [3.8, 4) is 0 Å². The van der Waals surface area contributed by atoms with E-state index in [-0.39, 0.29) is 17.1 Å². The highest BCUT2D eigenvalue weighted by molar-refractivity contribution is 8.00. The van der Waals surface area contributed by atoms with Crippen molar-refractivity contribution in [3.05, 3.63) is 70.6 Å². The lowest BCUT2D eigenvalue weighted by Crippen LogP contribution is -2.35. The third kappa shape index (κ3) is 4.05. The number of benzene rings is 2. The summed E-state index contributed by atoms with van der Waals surface area (Å²) >= 11 is 1.73. The van der Waals surface area contributed by atoms with E-state index in [1.165, 1.54) is 0 Å². The highest BCUT2D eigenvalue weighted by Gasteiger charge is 2.25. The van der Waals surface area contributed by atoms with Crippen LogP contribution in [-0.4, -0.2) is 30.3 Å². The van der Waals surface area contributed by atoms with Gasteiger partial charge in [-0.25, -0.2) is 4.79 Å². The first-order valence-corrected chi connectivity index (χ1v) is 10.2. The maximum absolute atomic E-state index is 12.8. The van der Waals surface area contributed by atoms with Crippen molar-refractivity contribution in [1.29, 1.82) is 0 Å². The highest BCUT2D eigenvalue weighted by Crippen LogP contribution is 2.37. The minimum Gasteiger partial charge on any atom is -0.450 e. The van der Waals surface area contributed by atoms with Gasteiger partial charge in [-0.05, 0) is 30.7 Å². The predicted octanol–water partition coefficient (Wildman–Crippen LogP) is 3.87. The zero-order chi connectivity index (χ0) is 20.4. The second-order valence-corrected chi connectivity index (χ2v) is 8.26. The first-order chi connectivity index (χ1) is 14.0. The third-order valence-corrected chi connectivity index (χ3v) is 5.94. The number of amides is 1. The van der Waals surface area contributed by atoms with Crippen LogP contribution in [0.25, 0.3) is 11.0 Å². The molecule has 2 aromatic carbocycles. The van der Waals surface area contributed by atoms with Gasteiger partial charge in [-0.1, -0.05) is 31.2 Å². The van der Waals surface area contributed by atoms with Crippen molar-refractivity contribution in [2.24, 2.45) is 0 Å². The van der Waals surface area contributed by atoms with Gasteiger partial charge in [0.1, 0.15) is 5.58 Å². The fourth-order valence-electron chi connectivity index (χ4n) is 3.23. The van der Waals surface area contributed by atoms with Crippen LogP contribution in [0.1, 0.15) is 23.9 Å². The third-order valence-electron chi connectivity index (χ3n) is 4.71. The summed E-state index contributed by atoms with van der Waals surface area (Å²) in [6, 6.07) is 15.4. The van der Waals surface area contributed by atoms with Gasteiger partial charge in [-0.2, -0.15) is 0 Å². The first-order valence-electron chi connectivity index (χ1n) is 9.29. The Morgan fingerprint density at radius 2 is 1.93 bits per heavy atom. The zero-order valence-corrected chi connectivity index (χ0v) is 16.6. The van der Waals surface area contributed by atoms with E-state index < -0.39 is 12.6 Å². The van der Waals surface area contributed by atoms with Crippen LogP contribution in [0.15, 0.2) is 68.7 Å². The van der Waals surface area contributed by atoms with Crippen LogP contribution in [0, 0.1) is 0 Å². The maximum atomic E-state index is 12.8. The molecule has 1 aliphatic heterocycles. The fraction of sp³-hybridized carbons (Fsp3) is 0.227. The summed E-state index contributed by atoms with van der Waals surface area (Å²) in [5.41, 5.74) is 0.781. The molecule has 29 heavy (non-hydrogen) atoms. The lowest BCUT2D eigenvalue weighted by molar-refractivity contribution is -0.121. The number of thioether (sulfide) groups is 1. The number of carbonyl (C=O) groups excluding carboxylic acids is 2. The van der Waals surface area contributed by atoms with Gasteiger partial charge in [0.15, 0.2) is 12.0 Å². The molecular weight excluding hydrogens is 390 g/mol. The molecule has 4 rings (SSSR count). The summed E-state index contributed by atoms with van der Waals surface area (Å²) in [6.45, 7) is 2.24. The van der Waals surface area contributed by atoms with E-state index in [4.69, 9.17) is 9.15 Å². The van der Waals surface area contributed by atoms with Crippen LogP contribution in [0.5, 0.6) is 0 Å². The Hall–Kier alpha value is -3.06. The van der Waals surface area contributed by atoms with Crippen LogP contribution in [0.2, 0.25) is 0 Å². The smallest absolute Gasteiger partial charge is 0.374 e. The van der Waals surface area contributed by atoms with Gasteiger partial charge >= 0.3 is 5.97 Å². The molecule has 1 aromatic heterocycles. The van der Waals surface area contributed by atoms with Gasteiger partial charge in [0.2, 0.25) is 5.76 Å². The molecule has 2 heterocycles. The Morgan fingerprint density at radius 3 is 2.79 bits per heavy atom. The molecular formula is C22H19NO5S. The summed E-state index contributed by atoms with van der Waals surface area (Å²) in [7, 11) is 0. The van der Waals surface area contributed by atoms with Crippen LogP contribution >= 0.6 is 11.8 Å². The normalized spacial score (nSPS) is 16.2. The van der Waals surface area contributed by atoms with Gasteiger partial charge in [0.25, 0.3) is 5.91 Å². The number of anilines is 1. The van der Waals surface area contributed by atoms with Crippen molar-refractivity contribution >= 4 is 40.3 Å². The molecule has 1 atom stereocenters.